The maximum atomic E-state index is 5.82. The predicted octanol–water partition coefficient (Wildman–Crippen LogP) is 3.94. The van der Waals surface area contributed by atoms with Crippen LogP contribution in [0.3, 0.4) is 0 Å². The Bertz CT molecular complexity index is 1000. The molecule has 0 atom stereocenters. The Labute approximate surface area is 149 Å². The third-order valence-electron chi connectivity index (χ3n) is 3.87. The normalized spacial score (nSPS) is 10.7. The first-order valence-electron chi connectivity index (χ1n) is 7.97. The number of rotatable bonds is 5. The molecule has 0 saturated carbocycles. The minimum absolute atomic E-state index is 0.429. The fourth-order valence-electron chi connectivity index (χ4n) is 2.48. The molecule has 26 heavy (non-hydrogen) atoms. The van der Waals surface area contributed by atoms with Gasteiger partial charge in [-0.2, -0.15) is 10.1 Å². The van der Waals surface area contributed by atoms with Gasteiger partial charge in [0.2, 0.25) is 5.82 Å². The molecule has 2 aromatic carbocycles. The quantitative estimate of drug-likeness (QED) is 0.544. The number of hydrogen-bond donors (Lipinski definition) is 0. The summed E-state index contributed by atoms with van der Waals surface area (Å²) >= 11 is 0. The van der Waals surface area contributed by atoms with E-state index in [1.807, 2.05) is 61.6 Å². The molecule has 0 unspecified atom stereocenters. The van der Waals surface area contributed by atoms with Crippen LogP contribution in [0.4, 0.5) is 0 Å². The lowest BCUT2D eigenvalue weighted by molar-refractivity contribution is 0.413. The van der Waals surface area contributed by atoms with Crippen LogP contribution in [0.2, 0.25) is 0 Å². The van der Waals surface area contributed by atoms with Crippen molar-refractivity contribution in [2.75, 3.05) is 7.11 Å². The first-order valence-corrected chi connectivity index (χ1v) is 7.97. The zero-order valence-corrected chi connectivity index (χ0v) is 14.3. The van der Waals surface area contributed by atoms with Crippen molar-refractivity contribution in [3.8, 4) is 40.2 Å². The van der Waals surface area contributed by atoms with Gasteiger partial charge in [-0.3, -0.25) is 4.68 Å². The van der Waals surface area contributed by atoms with Gasteiger partial charge in [0.05, 0.1) is 7.11 Å². The summed E-state index contributed by atoms with van der Waals surface area (Å²) in [5.41, 5.74) is 1.60. The van der Waals surface area contributed by atoms with Crippen molar-refractivity contribution in [3.05, 3.63) is 60.8 Å². The van der Waals surface area contributed by atoms with Crippen molar-refractivity contribution in [2.45, 2.75) is 0 Å². The minimum atomic E-state index is 0.429. The summed E-state index contributed by atoms with van der Waals surface area (Å²) in [6.45, 7) is 0. The van der Waals surface area contributed by atoms with Crippen LogP contribution in [0.25, 0.3) is 23.0 Å². The second-order valence-corrected chi connectivity index (χ2v) is 5.57. The maximum absolute atomic E-state index is 5.82. The molecule has 0 aliphatic heterocycles. The van der Waals surface area contributed by atoms with Crippen LogP contribution in [0.15, 0.2) is 65.3 Å². The minimum Gasteiger partial charge on any atom is -0.497 e. The Morgan fingerprint density at radius 3 is 2.15 bits per heavy atom. The lowest BCUT2D eigenvalue weighted by atomic mass is 10.2. The van der Waals surface area contributed by atoms with E-state index in [4.69, 9.17) is 14.0 Å². The fraction of sp³-hybridized carbons (Fsp3) is 0.105. The van der Waals surface area contributed by atoms with Crippen molar-refractivity contribution < 1.29 is 14.0 Å². The van der Waals surface area contributed by atoms with Gasteiger partial charge >= 0.3 is 0 Å². The molecule has 0 radical (unpaired) electrons. The summed E-state index contributed by atoms with van der Waals surface area (Å²) in [5.74, 6) is 3.18. The van der Waals surface area contributed by atoms with E-state index < -0.39 is 0 Å². The van der Waals surface area contributed by atoms with Crippen LogP contribution in [0.5, 0.6) is 17.2 Å². The van der Waals surface area contributed by atoms with Crippen molar-refractivity contribution >= 4 is 0 Å². The Morgan fingerprint density at radius 2 is 1.54 bits per heavy atom. The van der Waals surface area contributed by atoms with E-state index in [1.54, 1.807) is 18.0 Å². The number of benzene rings is 2. The van der Waals surface area contributed by atoms with Crippen LogP contribution in [-0.4, -0.2) is 27.0 Å². The lowest BCUT2D eigenvalue weighted by Gasteiger charge is -2.06. The maximum Gasteiger partial charge on any atom is 0.276 e. The molecule has 2 aromatic heterocycles. The Hall–Kier alpha value is -3.61. The van der Waals surface area contributed by atoms with Crippen LogP contribution < -0.4 is 9.47 Å². The van der Waals surface area contributed by atoms with E-state index in [2.05, 4.69) is 15.2 Å². The highest BCUT2D eigenvalue weighted by Crippen LogP contribution is 2.27. The summed E-state index contributed by atoms with van der Waals surface area (Å²) in [7, 11) is 3.46. The lowest BCUT2D eigenvalue weighted by Crippen LogP contribution is -1.93. The number of nitrogens with zero attached hydrogens (tertiary/aromatic N) is 4. The molecule has 0 N–H and O–H groups in total. The van der Waals surface area contributed by atoms with E-state index in [9.17, 15) is 0 Å². The van der Waals surface area contributed by atoms with Crippen LogP contribution in [0, 0.1) is 0 Å². The molecule has 130 valence electrons. The molecule has 7 heteroatoms. The summed E-state index contributed by atoms with van der Waals surface area (Å²) in [4.78, 5) is 4.42. The van der Waals surface area contributed by atoms with E-state index in [1.165, 1.54) is 0 Å². The number of methoxy groups -OCH3 is 1. The third-order valence-corrected chi connectivity index (χ3v) is 3.87. The molecule has 0 fully saturated rings. The highest BCUT2D eigenvalue weighted by atomic mass is 16.5. The largest absolute Gasteiger partial charge is 0.497 e. The van der Waals surface area contributed by atoms with Gasteiger partial charge in [0.1, 0.15) is 22.9 Å². The SMILES string of the molecule is COc1ccc(Oc2ccc(-c3noc(-c4ccnn4C)n3)cc2)cc1. The summed E-state index contributed by atoms with van der Waals surface area (Å²) < 4.78 is 18.0. The van der Waals surface area contributed by atoms with Crippen molar-refractivity contribution in [1.82, 2.24) is 19.9 Å². The van der Waals surface area contributed by atoms with E-state index in [0.29, 0.717) is 17.5 Å². The summed E-state index contributed by atoms with van der Waals surface area (Å²) in [6, 6.07) is 16.7. The fourth-order valence-corrected chi connectivity index (χ4v) is 2.48. The molecule has 2 heterocycles. The number of hydrogen-bond acceptors (Lipinski definition) is 6. The van der Waals surface area contributed by atoms with Crippen LogP contribution >= 0.6 is 0 Å². The highest BCUT2D eigenvalue weighted by Gasteiger charge is 2.13. The smallest absolute Gasteiger partial charge is 0.276 e. The molecule has 0 saturated heterocycles. The van der Waals surface area contributed by atoms with Crippen molar-refractivity contribution in [1.29, 1.82) is 0 Å². The monoisotopic (exact) mass is 348 g/mol. The van der Waals surface area contributed by atoms with Gasteiger partial charge in [0, 0.05) is 18.8 Å². The van der Waals surface area contributed by atoms with Gasteiger partial charge in [-0.05, 0) is 54.6 Å². The standard InChI is InChI=1S/C19H16N4O3/c1-23-17(11-12-20-23)19-21-18(22-26-19)13-3-5-15(6-4-13)25-16-9-7-14(24-2)8-10-16/h3-12H,1-2H3. The van der Waals surface area contributed by atoms with Crippen molar-refractivity contribution in [3.63, 3.8) is 0 Å². The zero-order valence-electron chi connectivity index (χ0n) is 14.3. The third kappa shape index (κ3) is 3.14. The summed E-state index contributed by atoms with van der Waals surface area (Å²) in [5, 5.41) is 8.14. The molecular formula is C19H16N4O3. The summed E-state index contributed by atoms with van der Waals surface area (Å²) in [6.07, 6.45) is 1.69. The first-order chi connectivity index (χ1) is 12.7. The Balaban J connectivity index is 1.51. The van der Waals surface area contributed by atoms with Gasteiger partial charge < -0.3 is 14.0 Å². The first kappa shape index (κ1) is 15.9. The highest BCUT2D eigenvalue weighted by molar-refractivity contribution is 5.59. The predicted molar refractivity (Wildman–Crippen MR) is 95.0 cm³/mol. The van der Waals surface area contributed by atoms with Gasteiger partial charge in [-0.1, -0.05) is 5.16 Å². The van der Waals surface area contributed by atoms with Crippen LogP contribution in [0.1, 0.15) is 0 Å². The molecule has 4 rings (SSSR count). The van der Waals surface area contributed by atoms with Crippen molar-refractivity contribution in [2.24, 2.45) is 7.05 Å². The molecule has 7 nitrogen and oxygen atoms in total. The molecule has 0 spiro atoms. The average Bonchev–Trinajstić information content (AvgIpc) is 3.32. The van der Waals surface area contributed by atoms with Crippen LogP contribution in [-0.2, 0) is 7.05 Å². The van der Waals surface area contributed by atoms with E-state index >= 15 is 0 Å². The second-order valence-electron chi connectivity index (χ2n) is 5.57. The molecular weight excluding hydrogens is 332 g/mol. The van der Waals surface area contributed by atoms with E-state index in [-0.39, 0.29) is 0 Å². The Kier molecular flexibility index (Phi) is 4.10. The molecule has 0 bridgehead atoms. The Morgan fingerprint density at radius 1 is 0.885 bits per heavy atom. The van der Waals surface area contributed by atoms with Gasteiger partial charge in [0.15, 0.2) is 0 Å². The molecule has 4 aromatic rings. The zero-order chi connectivity index (χ0) is 17.9. The molecule has 0 amide bonds. The number of aryl methyl sites for hydroxylation is 1. The molecule has 0 aliphatic carbocycles. The van der Waals surface area contributed by atoms with Gasteiger partial charge in [-0.15, -0.1) is 0 Å². The topological polar surface area (TPSA) is 75.2 Å². The average molecular weight is 348 g/mol. The van der Waals surface area contributed by atoms with E-state index in [0.717, 1.165) is 22.8 Å². The molecule has 0 aliphatic rings. The number of aromatic nitrogens is 4. The van der Waals surface area contributed by atoms with Gasteiger partial charge in [0.25, 0.3) is 5.89 Å². The number of ether oxygens (including phenoxy) is 2. The second kappa shape index (κ2) is 6.72. The van der Waals surface area contributed by atoms with Gasteiger partial charge in [-0.25, -0.2) is 0 Å².